The van der Waals surface area contributed by atoms with Crippen LogP contribution in [0.4, 0.5) is 0 Å². The van der Waals surface area contributed by atoms with Crippen LogP contribution in [0.1, 0.15) is 103 Å². The third-order valence-corrected chi connectivity index (χ3v) is 12.9. The van der Waals surface area contributed by atoms with Gasteiger partial charge in [-0.1, -0.05) is 114 Å². The summed E-state index contributed by atoms with van der Waals surface area (Å²) in [5.41, 5.74) is 2.74. The van der Waals surface area contributed by atoms with Gasteiger partial charge in [0, 0.05) is 23.0 Å². The molecule has 1 saturated heterocycles. The predicted octanol–water partition coefficient (Wildman–Crippen LogP) is 5.85. The number of amides is 4. The molecule has 5 rings (SSSR count). The molecule has 1 heterocycles. The van der Waals surface area contributed by atoms with Crippen LogP contribution in [-0.2, 0) is 57.7 Å². The molecule has 69 heavy (non-hydrogen) atoms. The Morgan fingerprint density at radius 2 is 1.28 bits per heavy atom. The summed E-state index contributed by atoms with van der Waals surface area (Å²) in [4.78, 5) is 88.7. The fraction of sp³-hybridized carbons (Fsp3) is 0.537. The van der Waals surface area contributed by atoms with Crippen LogP contribution in [0.25, 0.3) is 0 Å². The monoisotopic (exact) mass is 952 g/mol. The fourth-order valence-corrected chi connectivity index (χ4v) is 8.62. The summed E-state index contributed by atoms with van der Waals surface area (Å²) >= 11 is 0. The molecule has 4 atom stereocenters. The van der Waals surface area contributed by atoms with Gasteiger partial charge < -0.3 is 40.1 Å². The van der Waals surface area contributed by atoms with Gasteiger partial charge in [0.25, 0.3) is 5.91 Å². The Bertz CT molecular complexity index is 2220. The number of benzene rings is 3. The van der Waals surface area contributed by atoms with E-state index < -0.39 is 47.3 Å². The number of oxime groups is 1. The minimum absolute atomic E-state index is 0.00602. The van der Waals surface area contributed by atoms with Crippen molar-refractivity contribution in [1.82, 2.24) is 21.3 Å². The normalized spacial score (nSPS) is 16.8. The molecule has 0 radical (unpaired) electrons. The van der Waals surface area contributed by atoms with Gasteiger partial charge in [-0.05, 0) is 79.7 Å². The molecule has 0 spiro atoms. The third kappa shape index (κ3) is 16.9. The van der Waals surface area contributed by atoms with Gasteiger partial charge in [0.2, 0.25) is 17.7 Å². The Morgan fingerprint density at radius 1 is 0.710 bits per heavy atom. The van der Waals surface area contributed by atoms with Gasteiger partial charge in [0.1, 0.15) is 50.6 Å². The maximum atomic E-state index is 14.6. The smallest absolute Gasteiger partial charge is 0.313 e. The summed E-state index contributed by atoms with van der Waals surface area (Å²) in [6.07, 6.45) is 4.65. The molecule has 1 saturated carbocycles. The average Bonchev–Trinajstić information content (AvgIpc) is 4.07. The number of carbonyl (C=O) groups excluding carboxylic acids is 6. The van der Waals surface area contributed by atoms with Crippen molar-refractivity contribution >= 4 is 41.6 Å². The number of nitrogens with zero attached hydrogens (tertiary/aromatic N) is 2. The number of Topliss-reactive ketones (excluding diaryl/α,β-unsaturated/α-hetero) is 1. The van der Waals surface area contributed by atoms with Gasteiger partial charge >= 0.3 is 5.97 Å². The molecule has 15 heteroatoms. The minimum atomic E-state index is -1.05. The van der Waals surface area contributed by atoms with Crippen LogP contribution in [-0.4, -0.2) is 110 Å². The second kappa shape index (κ2) is 25.6. The molecule has 15 nitrogen and oxygen atoms in total. The minimum Gasteiger partial charge on any atom is -0.426 e. The molecule has 374 valence electrons. The Kier molecular flexibility index (Phi) is 20.1. The van der Waals surface area contributed by atoms with Crippen LogP contribution in [0.15, 0.2) is 84.0 Å². The second-order valence-electron chi connectivity index (χ2n) is 20.3. The van der Waals surface area contributed by atoms with E-state index in [0.29, 0.717) is 61.5 Å². The van der Waals surface area contributed by atoms with E-state index in [1.165, 1.54) is 13.3 Å². The first-order valence-corrected chi connectivity index (χ1v) is 24.6. The third-order valence-electron chi connectivity index (χ3n) is 12.9. The number of ether oxygens (including phenoxy) is 2. The number of aryl methyl sites for hydroxylation is 1. The van der Waals surface area contributed by atoms with Crippen LogP contribution >= 0.6 is 0 Å². The number of morpholine rings is 1. The van der Waals surface area contributed by atoms with Crippen LogP contribution in [0, 0.1) is 23.2 Å². The van der Waals surface area contributed by atoms with Crippen molar-refractivity contribution in [3.05, 3.63) is 101 Å². The van der Waals surface area contributed by atoms with Crippen molar-refractivity contribution in [2.24, 2.45) is 28.3 Å². The standard InChI is InChI=1S/C54H74N6O9/c1-36(2)29-44(49(62)54(7)23-24-54)57-52(65)46(32-40-17-13-10-14-18-40)59-51(64)45(30-37(3)4)58-50(63)43(21-19-39-15-11-9-12-16-39)56-48(61)35-60(25-27-68-28-26-60)34-41-20-22-47(69-53(66)38(5)6)42(31-41)33-55-67-8/h9-18,20,22,31,33,36-38,43-46H,19,21,23-30,32,34-35H2,1-8H3,(H3-,56,57,58,59,61,63,64,65)/p+1/b55-33+/t43-,44-,45-,46-/m0/s1. The Hall–Kier alpha value is -5.93. The lowest BCUT2D eigenvalue weighted by molar-refractivity contribution is -0.940. The van der Waals surface area contributed by atoms with E-state index in [1.807, 2.05) is 107 Å². The van der Waals surface area contributed by atoms with Gasteiger partial charge in [-0.3, -0.25) is 28.8 Å². The molecule has 4 N–H and O–H groups in total. The van der Waals surface area contributed by atoms with E-state index in [0.717, 1.165) is 29.5 Å². The van der Waals surface area contributed by atoms with Gasteiger partial charge in [0.15, 0.2) is 12.3 Å². The molecule has 2 aliphatic rings. The molecule has 0 aromatic heterocycles. The number of hydrogen-bond acceptors (Lipinski definition) is 10. The lowest BCUT2D eigenvalue weighted by Crippen LogP contribution is -2.61. The highest BCUT2D eigenvalue weighted by molar-refractivity contribution is 5.98. The van der Waals surface area contributed by atoms with E-state index in [4.69, 9.17) is 14.3 Å². The maximum absolute atomic E-state index is 14.6. The maximum Gasteiger partial charge on any atom is 0.313 e. The van der Waals surface area contributed by atoms with Crippen LogP contribution in [0.3, 0.4) is 0 Å². The zero-order chi connectivity index (χ0) is 50.1. The van der Waals surface area contributed by atoms with E-state index in [9.17, 15) is 28.8 Å². The van der Waals surface area contributed by atoms with Gasteiger partial charge in [-0.2, -0.15) is 0 Å². The highest BCUT2D eigenvalue weighted by atomic mass is 16.6. The number of ketones is 1. The van der Waals surface area contributed by atoms with Crippen LogP contribution < -0.4 is 26.0 Å². The van der Waals surface area contributed by atoms with Crippen molar-refractivity contribution in [3.63, 3.8) is 0 Å². The lowest BCUT2D eigenvalue weighted by Gasteiger charge is -2.41. The Balaban J connectivity index is 1.37. The molecular weight excluding hydrogens is 877 g/mol. The number of nitrogens with one attached hydrogen (secondary N) is 4. The summed E-state index contributed by atoms with van der Waals surface area (Å²) in [6.45, 7) is 15.7. The number of quaternary nitrogens is 1. The topological polar surface area (TPSA) is 191 Å². The summed E-state index contributed by atoms with van der Waals surface area (Å²) in [5.74, 6) is -2.15. The lowest BCUT2D eigenvalue weighted by atomic mass is 9.91. The summed E-state index contributed by atoms with van der Waals surface area (Å²) in [7, 11) is 1.42. The number of esters is 1. The molecule has 4 amide bonds. The Morgan fingerprint density at radius 3 is 1.87 bits per heavy atom. The highest BCUT2D eigenvalue weighted by Crippen LogP contribution is 2.47. The molecule has 0 unspecified atom stereocenters. The predicted molar refractivity (Wildman–Crippen MR) is 265 cm³/mol. The SMILES string of the molecule is CO/N=C/c1cc(C[N+]2(CC(=O)N[C@@H](CCc3ccccc3)C(=O)N[C@@H](CC(C)C)C(=O)N[C@@H](Cc3ccccc3)C(=O)N[C@@H](CC(C)C)C(=O)C3(C)CC3)CCOCC2)ccc1OC(=O)C(C)C. The van der Waals surface area contributed by atoms with Gasteiger partial charge in [-0.15, -0.1) is 0 Å². The first kappa shape index (κ1) is 54.0. The van der Waals surface area contributed by atoms with E-state index in [2.05, 4.69) is 26.4 Å². The quantitative estimate of drug-likeness (QED) is 0.0252. The van der Waals surface area contributed by atoms with E-state index in [1.54, 1.807) is 19.9 Å². The molecule has 0 bridgehead atoms. The first-order valence-electron chi connectivity index (χ1n) is 24.6. The van der Waals surface area contributed by atoms with E-state index in [-0.39, 0.29) is 61.2 Å². The number of hydrogen-bond donors (Lipinski definition) is 4. The Labute approximate surface area is 408 Å². The molecular formula is C54H75N6O9+. The molecule has 3 aromatic rings. The van der Waals surface area contributed by atoms with Crippen molar-refractivity contribution in [2.45, 2.75) is 124 Å². The van der Waals surface area contributed by atoms with Crippen molar-refractivity contribution in [1.29, 1.82) is 0 Å². The molecule has 1 aliphatic carbocycles. The zero-order valence-corrected chi connectivity index (χ0v) is 41.9. The summed E-state index contributed by atoms with van der Waals surface area (Å²) in [6, 6.07) is 20.7. The summed E-state index contributed by atoms with van der Waals surface area (Å²) in [5, 5.41) is 15.9. The van der Waals surface area contributed by atoms with Gasteiger partial charge in [0.05, 0.1) is 31.4 Å². The first-order chi connectivity index (χ1) is 32.9. The second-order valence-corrected chi connectivity index (χ2v) is 20.3. The van der Waals surface area contributed by atoms with Crippen molar-refractivity contribution in [2.75, 3.05) is 40.0 Å². The molecule has 2 fully saturated rings. The van der Waals surface area contributed by atoms with Crippen LogP contribution in [0.5, 0.6) is 5.75 Å². The average molecular weight is 952 g/mol. The zero-order valence-electron chi connectivity index (χ0n) is 41.9. The molecule has 1 aliphatic heterocycles. The highest BCUT2D eigenvalue weighted by Gasteiger charge is 2.48. The van der Waals surface area contributed by atoms with Crippen LogP contribution in [0.2, 0.25) is 0 Å². The largest absolute Gasteiger partial charge is 0.426 e. The number of carbonyl (C=O) groups is 6. The van der Waals surface area contributed by atoms with Gasteiger partial charge in [-0.25, -0.2) is 0 Å². The van der Waals surface area contributed by atoms with Crippen molar-refractivity contribution < 1.29 is 47.6 Å². The fourth-order valence-electron chi connectivity index (χ4n) is 8.62. The number of rotatable bonds is 26. The van der Waals surface area contributed by atoms with E-state index >= 15 is 0 Å². The summed E-state index contributed by atoms with van der Waals surface area (Å²) < 4.78 is 11.7. The molecule has 3 aromatic carbocycles. The van der Waals surface area contributed by atoms with Crippen molar-refractivity contribution in [3.8, 4) is 5.75 Å².